The molecule has 1 atom stereocenters. The lowest BCUT2D eigenvalue weighted by atomic mass is 9.78. The van der Waals surface area contributed by atoms with Crippen molar-refractivity contribution in [1.82, 2.24) is 0 Å². The van der Waals surface area contributed by atoms with E-state index in [0.29, 0.717) is 0 Å². The number of furan rings is 1. The predicted octanol–water partition coefficient (Wildman–Crippen LogP) is 3.17. The first kappa shape index (κ1) is 9.78. The van der Waals surface area contributed by atoms with Crippen LogP contribution in [0.3, 0.4) is 0 Å². The summed E-state index contributed by atoms with van der Waals surface area (Å²) < 4.78 is 5.19. The van der Waals surface area contributed by atoms with Crippen molar-refractivity contribution < 1.29 is 4.42 Å². The Balaban J connectivity index is 2.23. The summed E-state index contributed by atoms with van der Waals surface area (Å²) in [6.07, 6.45) is 8.73. The Hall–Kier alpha value is -0.760. The molecule has 0 saturated heterocycles. The summed E-state index contributed by atoms with van der Waals surface area (Å²) in [5.74, 6) is 0. The molecule has 1 heterocycles. The molecule has 2 heteroatoms. The van der Waals surface area contributed by atoms with Crippen LogP contribution in [0.5, 0.6) is 0 Å². The van der Waals surface area contributed by atoms with Gasteiger partial charge in [0, 0.05) is 11.6 Å². The van der Waals surface area contributed by atoms with E-state index in [0.717, 1.165) is 0 Å². The Morgan fingerprint density at radius 2 is 2.00 bits per heavy atom. The van der Waals surface area contributed by atoms with Gasteiger partial charge in [-0.25, -0.2) is 0 Å². The Morgan fingerprint density at radius 3 is 2.50 bits per heavy atom. The molecule has 1 aromatic heterocycles. The maximum atomic E-state index is 6.32. The fraction of sp³-hybridized carbons (Fsp3) is 0.667. The van der Waals surface area contributed by atoms with Gasteiger partial charge in [-0.3, -0.25) is 0 Å². The van der Waals surface area contributed by atoms with E-state index in [4.69, 9.17) is 10.2 Å². The Labute approximate surface area is 85.5 Å². The zero-order valence-electron chi connectivity index (χ0n) is 9.05. The van der Waals surface area contributed by atoms with Crippen LogP contribution < -0.4 is 5.73 Å². The number of hydrogen-bond donors (Lipinski definition) is 1. The SMILES string of the molecule is Cc1cocc1C(N)C1(C)CCCC1. The van der Waals surface area contributed by atoms with Crippen LogP contribution in [0.4, 0.5) is 0 Å². The Morgan fingerprint density at radius 1 is 1.36 bits per heavy atom. The maximum Gasteiger partial charge on any atom is 0.0953 e. The first-order valence-corrected chi connectivity index (χ1v) is 5.42. The summed E-state index contributed by atoms with van der Waals surface area (Å²) in [6, 6.07) is 0.142. The van der Waals surface area contributed by atoms with Gasteiger partial charge in [-0.2, -0.15) is 0 Å². The smallest absolute Gasteiger partial charge is 0.0953 e. The van der Waals surface area contributed by atoms with Gasteiger partial charge in [0.05, 0.1) is 12.5 Å². The molecule has 1 saturated carbocycles. The standard InChI is InChI=1S/C12H19NO/c1-9-7-14-8-10(9)11(13)12(2)5-3-4-6-12/h7-8,11H,3-6,13H2,1-2H3. The van der Waals surface area contributed by atoms with Crippen molar-refractivity contribution in [3.8, 4) is 0 Å². The van der Waals surface area contributed by atoms with Crippen molar-refractivity contribution in [2.24, 2.45) is 11.1 Å². The van der Waals surface area contributed by atoms with Crippen LogP contribution >= 0.6 is 0 Å². The van der Waals surface area contributed by atoms with E-state index < -0.39 is 0 Å². The summed E-state index contributed by atoms with van der Waals surface area (Å²) in [4.78, 5) is 0. The van der Waals surface area contributed by atoms with Crippen molar-refractivity contribution in [1.29, 1.82) is 0 Å². The van der Waals surface area contributed by atoms with Gasteiger partial charge in [-0.15, -0.1) is 0 Å². The van der Waals surface area contributed by atoms with Crippen molar-refractivity contribution in [2.75, 3.05) is 0 Å². The fourth-order valence-electron chi connectivity index (χ4n) is 2.56. The Bertz CT molecular complexity index is 310. The summed E-state index contributed by atoms with van der Waals surface area (Å²) >= 11 is 0. The summed E-state index contributed by atoms with van der Waals surface area (Å²) in [5.41, 5.74) is 8.98. The van der Waals surface area contributed by atoms with Gasteiger partial charge in [0.2, 0.25) is 0 Å². The van der Waals surface area contributed by atoms with Crippen LogP contribution in [0, 0.1) is 12.3 Å². The minimum atomic E-state index is 0.142. The zero-order chi connectivity index (χ0) is 10.2. The minimum absolute atomic E-state index is 0.142. The van der Waals surface area contributed by atoms with Crippen molar-refractivity contribution >= 4 is 0 Å². The molecule has 0 aliphatic heterocycles. The first-order valence-electron chi connectivity index (χ1n) is 5.42. The lowest BCUT2D eigenvalue weighted by Crippen LogP contribution is -2.29. The molecule has 1 aromatic rings. The van der Waals surface area contributed by atoms with E-state index in [9.17, 15) is 0 Å². The van der Waals surface area contributed by atoms with Gasteiger partial charge in [0.25, 0.3) is 0 Å². The molecule has 0 amide bonds. The first-order chi connectivity index (χ1) is 6.63. The van der Waals surface area contributed by atoms with Gasteiger partial charge >= 0.3 is 0 Å². The van der Waals surface area contributed by atoms with Crippen LogP contribution in [-0.4, -0.2) is 0 Å². The highest BCUT2D eigenvalue weighted by Crippen LogP contribution is 2.46. The van der Waals surface area contributed by atoms with E-state index in [2.05, 4.69) is 13.8 Å². The van der Waals surface area contributed by atoms with E-state index >= 15 is 0 Å². The summed E-state index contributed by atoms with van der Waals surface area (Å²) in [5, 5.41) is 0. The van der Waals surface area contributed by atoms with E-state index in [1.165, 1.54) is 36.8 Å². The van der Waals surface area contributed by atoms with Crippen LogP contribution in [0.1, 0.15) is 49.8 Å². The third-order valence-electron chi connectivity index (χ3n) is 3.73. The van der Waals surface area contributed by atoms with Crippen LogP contribution in [0.15, 0.2) is 16.9 Å². The van der Waals surface area contributed by atoms with E-state index in [-0.39, 0.29) is 11.5 Å². The lowest BCUT2D eigenvalue weighted by molar-refractivity contribution is 0.264. The van der Waals surface area contributed by atoms with Gasteiger partial charge in [-0.1, -0.05) is 19.8 Å². The summed E-state index contributed by atoms with van der Waals surface area (Å²) in [6.45, 7) is 4.37. The molecule has 0 bridgehead atoms. The van der Waals surface area contributed by atoms with Gasteiger partial charge < -0.3 is 10.2 Å². The average molecular weight is 193 g/mol. The second-order valence-corrected chi connectivity index (χ2v) is 4.85. The highest BCUT2D eigenvalue weighted by atomic mass is 16.3. The van der Waals surface area contributed by atoms with Crippen LogP contribution in [0.2, 0.25) is 0 Å². The minimum Gasteiger partial charge on any atom is -0.472 e. The number of nitrogens with two attached hydrogens (primary N) is 1. The van der Waals surface area contributed by atoms with Gasteiger partial charge in [0.15, 0.2) is 0 Å². The summed E-state index contributed by atoms with van der Waals surface area (Å²) in [7, 11) is 0. The molecule has 0 spiro atoms. The molecule has 2 N–H and O–H groups in total. The predicted molar refractivity (Wildman–Crippen MR) is 56.9 cm³/mol. The molecular formula is C12H19NO. The molecular weight excluding hydrogens is 174 g/mol. The average Bonchev–Trinajstić information content (AvgIpc) is 2.74. The van der Waals surface area contributed by atoms with Crippen molar-refractivity contribution in [2.45, 2.75) is 45.6 Å². The molecule has 1 aliphatic carbocycles. The monoisotopic (exact) mass is 193 g/mol. The molecule has 14 heavy (non-hydrogen) atoms. The second-order valence-electron chi connectivity index (χ2n) is 4.85. The maximum absolute atomic E-state index is 6.32. The number of hydrogen-bond acceptors (Lipinski definition) is 2. The molecule has 2 rings (SSSR count). The van der Waals surface area contributed by atoms with Crippen LogP contribution in [0.25, 0.3) is 0 Å². The topological polar surface area (TPSA) is 39.2 Å². The van der Waals surface area contributed by atoms with Crippen molar-refractivity contribution in [3.63, 3.8) is 0 Å². The molecule has 1 unspecified atom stereocenters. The van der Waals surface area contributed by atoms with E-state index in [1.807, 2.05) is 6.26 Å². The van der Waals surface area contributed by atoms with Crippen LogP contribution in [-0.2, 0) is 0 Å². The fourth-order valence-corrected chi connectivity index (χ4v) is 2.56. The molecule has 2 nitrogen and oxygen atoms in total. The largest absolute Gasteiger partial charge is 0.472 e. The van der Waals surface area contributed by atoms with Crippen molar-refractivity contribution in [3.05, 3.63) is 23.7 Å². The highest BCUT2D eigenvalue weighted by molar-refractivity contribution is 5.25. The molecule has 0 aromatic carbocycles. The normalized spacial score (nSPS) is 22.5. The number of rotatable bonds is 2. The quantitative estimate of drug-likeness (QED) is 0.783. The second kappa shape index (κ2) is 3.43. The molecule has 0 radical (unpaired) electrons. The third-order valence-corrected chi connectivity index (χ3v) is 3.73. The van der Waals surface area contributed by atoms with Gasteiger partial charge in [-0.05, 0) is 30.7 Å². The zero-order valence-corrected chi connectivity index (χ0v) is 9.05. The number of aryl methyl sites for hydroxylation is 1. The Kier molecular flexibility index (Phi) is 2.40. The molecule has 1 aliphatic rings. The van der Waals surface area contributed by atoms with E-state index in [1.54, 1.807) is 6.26 Å². The highest BCUT2D eigenvalue weighted by Gasteiger charge is 2.36. The molecule has 1 fully saturated rings. The lowest BCUT2D eigenvalue weighted by Gasteiger charge is -2.30. The molecule has 78 valence electrons. The third kappa shape index (κ3) is 1.48. The van der Waals surface area contributed by atoms with Gasteiger partial charge in [0.1, 0.15) is 0 Å².